The van der Waals surface area contributed by atoms with Crippen molar-refractivity contribution in [2.45, 2.75) is 51.0 Å². The monoisotopic (exact) mass is 361 g/mol. The van der Waals surface area contributed by atoms with Gasteiger partial charge in [-0.25, -0.2) is 9.78 Å². The first-order chi connectivity index (χ1) is 12.4. The molecule has 8 heteroatoms. The lowest BCUT2D eigenvalue weighted by Gasteiger charge is -2.15. The Morgan fingerprint density at radius 3 is 2.73 bits per heavy atom. The van der Waals surface area contributed by atoms with Gasteiger partial charge in [0.15, 0.2) is 0 Å². The molecule has 0 saturated heterocycles. The van der Waals surface area contributed by atoms with Crippen LogP contribution < -0.4 is 5.32 Å². The number of nitrogens with zero attached hydrogens (tertiary/aromatic N) is 2. The van der Waals surface area contributed by atoms with Gasteiger partial charge in [-0.1, -0.05) is 19.0 Å². The van der Waals surface area contributed by atoms with Crippen LogP contribution in [-0.4, -0.2) is 46.9 Å². The highest BCUT2D eigenvalue weighted by Gasteiger charge is 2.30. The fraction of sp³-hybridized carbons (Fsp3) is 0.556. The molecular formula is C18H23N3O5. The summed E-state index contributed by atoms with van der Waals surface area (Å²) < 4.78 is 10.3. The van der Waals surface area contributed by atoms with E-state index in [0.717, 1.165) is 18.5 Å². The number of fused-ring (bicyclic) bond motifs is 1. The summed E-state index contributed by atoms with van der Waals surface area (Å²) >= 11 is 0. The zero-order chi connectivity index (χ0) is 18.8. The number of carboxylic acid groups (broad SMARTS) is 1. The first-order valence-electron chi connectivity index (χ1n) is 8.75. The summed E-state index contributed by atoms with van der Waals surface area (Å²) in [6.07, 6.45) is 2.23. The normalized spacial score (nSPS) is 15.4. The Kier molecular flexibility index (Phi) is 5.22. The molecule has 8 nitrogen and oxygen atoms in total. The maximum absolute atomic E-state index is 12.9. The molecule has 0 radical (unpaired) electrons. The number of carbonyl (C=O) groups is 2. The van der Waals surface area contributed by atoms with Crippen LogP contribution in [0.25, 0.3) is 11.1 Å². The molecule has 140 valence electrons. The Morgan fingerprint density at radius 2 is 2.15 bits per heavy atom. The molecule has 0 bridgehead atoms. The molecule has 0 spiro atoms. The van der Waals surface area contributed by atoms with Crippen LogP contribution in [0.15, 0.2) is 10.6 Å². The van der Waals surface area contributed by atoms with Crippen molar-refractivity contribution in [3.05, 3.63) is 23.0 Å². The molecule has 1 unspecified atom stereocenters. The second-order valence-electron chi connectivity index (χ2n) is 6.92. The lowest BCUT2D eigenvalue weighted by atomic mass is 10.0. The summed E-state index contributed by atoms with van der Waals surface area (Å²) in [4.78, 5) is 28.8. The number of aromatic nitrogens is 2. The molecule has 26 heavy (non-hydrogen) atoms. The maximum atomic E-state index is 12.9. The first-order valence-corrected chi connectivity index (χ1v) is 8.75. The van der Waals surface area contributed by atoms with E-state index in [1.54, 1.807) is 6.07 Å². The second kappa shape index (κ2) is 7.41. The summed E-state index contributed by atoms with van der Waals surface area (Å²) in [6, 6.07) is 0.714. The van der Waals surface area contributed by atoms with E-state index in [2.05, 4.69) is 15.5 Å². The number of rotatable bonds is 8. The maximum Gasteiger partial charge on any atom is 0.326 e. The van der Waals surface area contributed by atoms with Gasteiger partial charge in [0.25, 0.3) is 11.6 Å². The molecule has 2 heterocycles. The Balaban J connectivity index is 1.99. The van der Waals surface area contributed by atoms with E-state index in [-0.39, 0.29) is 18.9 Å². The highest BCUT2D eigenvalue weighted by molar-refractivity contribution is 6.07. The minimum atomic E-state index is -1.10. The number of carbonyl (C=O) groups excluding carboxylic acids is 1. The molecule has 1 fully saturated rings. The van der Waals surface area contributed by atoms with E-state index >= 15 is 0 Å². The Labute approximate surface area is 150 Å². The van der Waals surface area contributed by atoms with Crippen molar-refractivity contribution >= 4 is 23.0 Å². The van der Waals surface area contributed by atoms with Gasteiger partial charge in [0.05, 0.1) is 16.6 Å². The molecule has 3 rings (SSSR count). The predicted octanol–water partition coefficient (Wildman–Crippen LogP) is 2.44. The van der Waals surface area contributed by atoms with Gasteiger partial charge in [-0.15, -0.1) is 0 Å². The molecule has 1 aliphatic rings. The fourth-order valence-electron chi connectivity index (χ4n) is 2.88. The molecule has 0 aromatic carbocycles. The highest BCUT2D eigenvalue weighted by Crippen LogP contribution is 2.41. The quantitative estimate of drug-likeness (QED) is 0.742. The third-order valence-electron chi connectivity index (χ3n) is 4.49. The van der Waals surface area contributed by atoms with Crippen molar-refractivity contribution in [1.82, 2.24) is 15.5 Å². The zero-order valence-electron chi connectivity index (χ0n) is 15.1. The molecule has 0 aliphatic heterocycles. The number of amides is 1. The molecule has 1 amide bonds. The number of hydrogen-bond acceptors (Lipinski definition) is 6. The molecule has 1 atom stereocenters. The average Bonchev–Trinajstić information content (AvgIpc) is 3.36. The Bertz CT molecular complexity index is 826. The van der Waals surface area contributed by atoms with Crippen LogP contribution in [0, 0.1) is 0 Å². The van der Waals surface area contributed by atoms with Crippen molar-refractivity contribution in [3.8, 4) is 0 Å². The van der Waals surface area contributed by atoms with Crippen molar-refractivity contribution in [2.75, 3.05) is 13.7 Å². The van der Waals surface area contributed by atoms with Crippen molar-refractivity contribution < 1.29 is 24.0 Å². The van der Waals surface area contributed by atoms with Crippen LogP contribution in [0.3, 0.4) is 0 Å². The molecule has 2 aromatic rings. The van der Waals surface area contributed by atoms with E-state index in [4.69, 9.17) is 9.26 Å². The number of aliphatic carboxylic acids is 1. The third-order valence-corrected chi connectivity index (χ3v) is 4.49. The first kappa shape index (κ1) is 18.3. The smallest absolute Gasteiger partial charge is 0.326 e. The van der Waals surface area contributed by atoms with Crippen molar-refractivity contribution in [3.63, 3.8) is 0 Å². The number of methoxy groups -OCH3 is 1. The summed E-state index contributed by atoms with van der Waals surface area (Å²) in [5.74, 6) is -1.20. The summed E-state index contributed by atoms with van der Waals surface area (Å²) in [5.41, 5.74) is 2.12. The molecule has 2 N–H and O–H groups in total. The minimum absolute atomic E-state index is 0.0418. The predicted molar refractivity (Wildman–Crippen MR) is 93.3 cm³/mol. The van der Waals surface area contributed by atoms with Gasteiger partial charge in [-0.3, -0.25) is 4.79 Å². The van der Waals surface area contributed by atoms with E-state index in [9.17, 15) is 14.7 Å². The summed E-state index contributed by atoms with van der Waals surface area (Å²) in [6.45, 7) is 4.14. The fourth-order valence-corrected chi connectivity index (χ4v) is 2.88. The SMILES string of the molecule is COCCC(NC(=O)c1cc(C2CC2)nc2onc(C(C)C)c12)C(=O)O. The number of pyridine rings is 1. The van der Waals surface area contributed by atoms with Crippen molar-refractivity contribution in [1.29, 1.82) is 0 Å². The molecule has 1 saturated carbocycles. The number of carboxylic acids is 1. The second-order valence-corrected chi connectivity index (χ2v) is 6.92. The molecule has 2 aromatic heterocycles. The van der Waals surface area contributed by atoms with E-state index in [0.29, 0.717) is 28.3 Å². The van der Waals surface area contributed by atoms with Gasteiger partial charge in [-0.05, 0) is 24.8 Å². The number of hydrogen-bond donors (Lipinski definition) is 2. The van der Waals surface area contributed by atoms with Gasteiger partial charge in [0, 0.05) is 31.7 Å². The lowest BCUT2D eigenvalue weighted by molar-refractivity contribution is -0.139. The van der Waals surface area contributed by atoms with Crippen LogP contribution >= 0.6 is 0 Å². The van der Waals surface area contributed by atoms with Gasteiger partial charge < -0.3 is 19.7 Å². The van der Waals surface area contributed by atoms with Crippen LogP contribution in [-0.2, 0) is 9.53 Å². The minimum Gasteiger partial charge on any atom is -0.480 e. The topological polar surface area (TPSA) is 115 Å². The van der Waals surface area contributed by atoms with E-state index < -0.39 is 17.9 Å². The molecule has 1 aliphatic carbocycles. The number of ether oxygens (including phenoxy) is 1. The van der Waals surface area contributed by atoms with Crippen LogP contribution in [0.5, 0.6) is 0 Å². The largest absolute Gasteiger partial charge is 0.480 e. The van der Waals surface area contributed by atoms with E-state index in [1.165, 1.54) is 7.11 Å². The Morgan fingerprint density at radius 1 is 1.42 bits per heavy atom. The van der Waals surface area contributed by atoms with Crippen molar-refractivity contribution in [2.24, 2.45) is 0 Å². The van der Waals surface area contributed by atoms with Crippen LogP contribution in [0.1, 0.15) is 66.7 Å². The average molecular weight is 361 g/mol. The van der Waals surface area contributed by atoms with Crippen LogP contribution in [0.4, 0.5) is 0 Å². The summed E-state index contributed by atoms with van der Waals surface area (Å²) in [7, 11) is 1.49. The summed E-state index contributed by atoms with van der Waals surface area (Å²) in [5, 5.41) is 16.6. The van der Waals surface area contributed by atoms with Gasteiger partial charge >= 0.3 is 5.97 Å². The zero-order valence-corrected chi connectivity index (χ0v) is 15.1. The van der Waals surface area contributed by atoms with Gasteiger partial charge in [0.1, 0.15) is 6.04 Å². The number of nitrogens with one attached hydrogen (secondary N) is 1. The van der Waals surface area contributed by atoms with Gasteiger partial charge in [0.2, 0.25) is 0 Å². The lowest BCUT2D eigenvalue weighted by Crippen LogP contribution is -2.41. The van der Waals surface area contributed by atoms with E-state index in [1.807, 2.05) is 13.8 Å². The standard InChI is InChI=1S/C18H23N3O5/c1-9(2)15-14-11(16(22)19-12(18(23)24)6-7-25-3)8-13(10-4-5-10)20-17(14)26-21-15/h8-10,12H,4-7H2,1-3H3,(H,19,22)(H,23,24). The Hall–Kier alpha value is -2.48. The highest BCUT2D eigenvalue weighted by atomic mass is 16.5. The van der Waals surface area contributed by atoms with Crippen LogP contribution in [0.2, 0.25) is 0 Å². The molecular weight excluding hydrogens is 338 g/mol. The van der Waals surface area contributed by atoms with Gasteiger partial charge in [-0.2, -0.15) is 0 Å². The third kappa shape index (κ3) is 3.70.